The summed E-state index contributed by atoms with van der Waals surface area (Å²) in [6.07, 6.45) is 0. The molecule has 0 aliphatic heterocycles. The molecule has 0 fully saturated rings. The van der Waals surface area contributed by atoms with E-state index in [1.165, 1.54) is 6.07 Å². The van der Waals surface area contributed by atoms with Gasteiger partial charge in [0.1, 0.15) is 0 Å². The Morgan fingerprint density at radius 2 is 1.57 bits per heavy atom. The number of hydrogen-bond donors (Lipinski definition) is 1. The van der Waals surface area contributed by atoms with Crippen LogP contribution in [-0.2, 0) is 0 Å². The molecule has 0 aromatic heterocycles. The average Bonchev–Trinajstić information content (AvgIpc) is 2.44. The second kappa shape index (κ2) is 6.08. The Morgan fingerprint density at radius 1 is 0.952 bits per heavy atom. The second-order valence-electron chi connectivity index (χ2n) is 4.94. The number of aryl methyl sites for hydroxylation is 2. The van der Waals surface area contributed by atoms with Crippen LogP contribution in [0.15, 0.2) is 24.3 Å². The van der Waals surface area contributed by atoms with Crippen molar-refractivity contribution < 1.29 is 13.2 Å². The molecule has 2 rings (SSSR count). The molecule has 5 heteroatoms. The number of rotatable bonds is 3. The molecule has 1 N–H and O–H groups in total. The molecule has 0 bridgehead atoms. The van der Waals surface area contributed by atoms with Gasteiger partial charge in [-0.25, -0.2) is 13.2 Å². The summed E-state index contributed by atoms with van der Waals surface area (Å²) in [6, 6.07) is 5.06. The zero-order chi connectivity index (χ0) is 15.7. The van der Waals surface area contributed by atoms with E-state index >= 15 is 0 Å². The molecule has 21 heavy (non-hydrogen) atoms. The van der Waals surface area contributed by atoms with Crippen LogP contribution in [0.2, 0.25) is 5.02 Å². The summed E-state index contributed by atoms with van der Waals surface area (Å²) in [4.78, 5) is 0. The zero-order valence-electron chi connectivity index (χ0n) is 11.9. The Bertz CT molecular complexity index is 684. The van der Waals surface area contributed by atoms with Crippen LogP contribution in [0.25, 0.3) is 0 Å². The van der Waals surface area contributed by atoms with Crippen molar-refractivity contribution in [1.29, 1.82) is 0 Å². The molecule has 2 aromatic rings. The lowest BCUT2D eigenvalue weighted by Crippen LogP contribution is -2.20. The molecule has 0 radical (unpaired) electrons. The lowest BCUT2D eigenvalue weighted by molar-refractivity contribution is 0.435. The summed E-state index contributed by atoms with van der Waals surface area (Å²) in [5, 5.41) is 3.34. The maximum Gasteiger partial charge on any atom is 0.194 e. The highest BCUT2D eigenvalue weighted by Crippen LogP contribution is 2.32. The topological polar surface area (TPSA) is 12.0 Å². The Morgan fingerprint density at radius 3 is 2.19 bits per heavy atom. The van der Waals surface area contributed by atoms with Crippen molar-refractivity contribution in [3.05, 3.63) is 69.0 Å². The van der Waals surface area contributed by atoms with Crippen molar-refractivity contribution in [3.8, 4) is 0 Å². The van der Waals surface area contributed by atoms with Gasteiger partial charge >= 0.3 is 0 Å². The summed E-state index contributed by atoms with van der Waals surface area (Å²) < 4.78 is 40.5. The number of hydrogen-bond acceptors (Lipinski definition) is 1. The molecular weight excluding hydrogens is 299 g/mol. The number of benzene rings is 2. The molecule has 0 heterocycles. The summed E-state index contributed by atoms with van der Waals surface area (Å²) in [6.45, 7) is 3.82. The van der Waals surface area contributed by atoms with Crippen LogP contribution >= 0.6 is 11.6 Å². The quantitative estimate of drug-likeness (QED) is 0.811. The van der Waals surface area contributed by atoms with Gasteiger partial charge in [-0.15, -0.1) is 0 Å². The van der Waals surface area contributed by atoms with Crippen molar-refractivity contribution in [2.75, 3.05) is 7.05 Å². The molecule has 1 nitrogen and oxygen atoms in total. The molecule has 0 amide bonds. The Kier molecular flexibility index (Phi) is 4.59. The molecule has 1 unspecified atom stereocenters. The van der Waals surface area contributed by atoms with Crippen LogP contribution in [0.4, 0.5) is 13.2 Å². The highest BCUT2D eigenvalue weighted by atomic mass is 35.5. The van der Waals surface area contributed by atoms with E-state index in [4.69, 9.17) is 11.6 Å². The smallest absolute Gasteiger partial charge is 0.194 e. The Labute approximate surface area is 126 Å². The lowest BCUT2D eigenvalue weighted by atomic mass is 9.95. The van der Waals surface area contributed by atoms with Crippen molar-refractivity contribution in [3.63, 3.8) is 0 Å². The summed E-state index contributed by atoms with van der Waals surface area (Å²) >= 11 is 6.22. The largest absolute Gasteiger partial charge is 0.309 e. The molecule has 112 valence electrons. The average molecular weight is 314 g/mol. The van der Waals surface area contributed by atoms with E-state index in [1.807, 2.05) is 19.9 Å². The predicted molar refractivity (Wildman–Crippen MR) is 78.1 cm³/mol. The summed E-state index contributed by atoms with van der Waals surface area (Å²) in [5.74, 6) is -3.89. The second-order valence-corrected chi connectivity index (χ2v) is 5.35. The van der Waals surface area contributed by atoms with Crippen molar-refractivity contribution in [2.45, 2.75) is 19.9 Å². The van der Waals surface area contributed by atoms with E-state index in [9.17, 15) is 13.2 Å². The van der Waals surface area contributed by atoms with Gasteiger partial charge in [0.2, 0.25) is 0 Å². The molecule has 0 saturated carbocycles. The third-order valence-electron chi connectivity index (χ3n) is 3.59. The number of nitrogens with one attached hydrogen (secondary N) is 1. The van der Waals surface area contributed by atoms with Crippen molar-refractivity contribution in [1.82, 2.24) is 5.32 Å². The van der Waals surface area contributed by atoms with Gasteiger partial charge in [0.05, 0.1) is 6.04 Å². The first-order valence-corrected chi connectivity index (χ1v) is 6.82. The van der Waals surface area contributed by atoms with Crippen LogP contribution in [0.1, 0.15) is 28.3 Å². The molecule has 0 spiro atoms. The zero-order valence-corrected chi connectivity index (χ0v) is 12.7. The first-order chi connectivity index (χ1) is 9.86. The fraction of sp³-hybridized carbons (Fsp3) is 0.250. The lowest BCUT2D eigenvalue weighted by Gasteiger charge is -2.20. The van der Waals surface area contributed by atoms with Gasteiger partial charge in [-0.1, -0.05) is 23.7 Å². The van der Waals surface area contributed by atoms with E-state index in [2.05, 4.69) is 5.32 Å². The fourth-order valence-corrected chi connectivity index (χ4v) is 2.59. The minimum absolute atomic E-state index is 0.0153. The Hall–Kier alpha value is -1.52. The van der Waals surface area contributed by atoms with E-state index in [0.29, 0.717) is 10.6 Å². The minimum atomic E-state index is -1.48. The third kappa shape index (κ3) is 2.92. The van der Waals surface area contributed by atoms with Crippen LogP contribution < -0.4 is 5.32 Å². The van der Waals surface area contributed by atoms with Crippen LogP contribution in [0.3, 0.4) is 0 Å². The predicted octanol–water partition coefficient (Wildman–Crippen LogP) is 4.68. The van der Waals surface area contributed by atoms with E-state index in [1.54, 1.807) is 13.1 Å². The minimum Gasteiger partial charge on any atom is -0.309 e. The van der Waals surface area contributed by atoms with E-state index < -0.39 is 23.5 Å². The highest BCUT2D eigenvalue weighted by Gasteiger charge is 2.23. The van der Waals surface area contributed by atoms with E-state index in [0.717, 1.165) is 17.2 Å². The first kappa shape index (κ1) is 15.9. The molecule has 0 saturated heterocycles. The van der Waals surface area contributed by atoms with Gasteiger partial charge in [0.25, 0.3) is 0 Å². The van der Waals surface area contributed by atoms with E-state index in [-0.39, 0.29) is 5.56 Å². The van der Waals surface area contributed by atoms with Gasteiger partial charge < -0.3 is 5.32 Å². The number of halogens is 4. The summed E-state index contributed by atoms with van der Waals surface area (Å²) in [7, 11) is 1.61. The summed E-state index contributed by atoms with van der Waals surface area (Å²) in [5.41, 5.74) is 2.62. The molecule has 1 atom stereocenters. The van der Waals surface area contributed by atoms with Gasteiger partial charge in [-0.2, -0.15) is 0 Å². The van der Waals surface area contributed by atoms with Crippen LogP contribution in [0.5, 0.6) is 0 Å². The molecule has 0 aliphatic carbocycles. The van der Waals surface area contributed by atoms with Crippen LogP contribution in [-0.4, -0.2) is 7.05 Å². The van der Waals surface area contributed by atoms with Crippen molar-refractivity contribution in [2.24, 2.45) is 0 Å². The SMILES string of the molecule is CNC(c1cc(C)c(C)cc1Cl)c1ccc(F)c(F)c1F. The standard InChI is InChI=1S/C16H15ClF3N/c1-8-6-11(12(17)7-9(8)2)16(21-3)10-4-5-13(18)15(20)14(10)19/h4-7,16,21H,1-3H3. The molecule has 0 aliphatic rings. The van der Waals surface area contributed by atoms with Gasteiger partial charge in [0, 0.05) is 10.6 Å². The van der Waals surface area contributed by atoms with Gasteiger partial charge in [-0.05, 0) is 49.7 Å². The van der Waals surface area contributed by atoms with Gasteiger partial charge in [0.15, 0.2) is 17.5 Å². The molecular formula is C16H15ClF3N. The van der Waals surface area contributed by atoms with Crippen LogP contribution in [0, 0.1) is 31.3 Å². The fourth-order valence-electron chi connectivity index (χ4n) is 2.27. The Balaban J connectivity index is 2.60. The highest BCUT2D eigenvalue weighted by molar-refractivity contribution is 6.31. The third-order valence-corrected chi connectivity index (χ3v) is 3.92. The van der Waals surface area contributed by atoms with Crippen molar-refractivity contribution >= 4 is 11.6 Å². The molecule has 2 aromatic carbocycles. The normalized spacial score (nSPS) is 12.5. The first-order valence-electron chi connectivity index (χ1n) is 6.44. The maximum absolute atomic E-state index is 14.0. The maximum atomic E-state index is 14.0. The monoisotopic (exact) mass is 313 g/mol. The van der Waals surface area contributed by atoms with Gasteiger partial charge in [-0.3, -0.25) is 0 Å².